The normalized spacial score (nSPS) is 10.6. The summed E-state index contributed by atoms with van der Waals surface area (Å²) in [7, 11) is 0. The van der Waals surface area contributed by atoms with Gasteiger partial charge in [-0.2, -0.15) is 0 Å². The number of rotatable bonds is 3. The van der Waals surface area contributed by atoms with Gasteiger partial charge in [-0.1, -0.05) is 6.07 Å². The number of halogens is 1. The minimum Gasteiger partial charge on any atom is -0.360 e. The van der Waals surface area contributed by atoms with Crippen LogP contribution in [0.3, 0.4) is 0 Å². The first-order valence-corrected chi connectivity index (χ1v) is 6.64. The number of nitrogens with one attached hydrogen (secondary N) is 2. The number of hydrogen-bond acceptors (Lipinski definition) is 3. The van der Waals surface area contributed by atoms with E-state index in [4.69, 9.17) is 0 Å². The van der Waals surface area contributed by atoms with Crippen molar-refractivity contribution in [2.24, 2.45) is 0 Å². The van der Waals surface area contributed by atoms with E-state index in [1.807, 2.05) is 0 Å². The SMILES string of the molecule is O=C(NCc1ccccn1)c1c[nH]c2ccc(F)cc2c1=O. The summed E-state index contributed by atoms with van der Waals surface area (Å²) in [5.41, 5.74) is 0.590. The summed E-state index contributed by atoms with van der Waals surface area (Å²) >= 11 is 0. The summed E-state index contributed by atoms with van der Waals surface area (Å²) in [5.74, 6) is -1.05. The molecule has 0 aliphatic rings. The van der Waals surface area contributed by atoms with E-state index in [0.717, 1.165) is 6.07 Å². The Morgan fingerprint density at radius 2 is 2.14 bits per heavy atom. The first-order valence-electron chi connectivity index (χ1n) is 6.64. The molecule has 0 bridgehead atoms. The highest BCUT2D eigenvalue weighted by atomic mass is 19.1. The molecule has 0 unspecified atom stereocenters. The van der Waals surface area contributed by atoms with E-state index >= 15 is 0 Å². The van der Waals surface area contributed by atoms with Gasteiger partial charge < -0.3 is 10.3 Å². The molecule has 5 nitrogen and oxygen atoms in total. The average Bonchev–Trinajstić information content (AvgIpc) is 2.54. The van der Waals surface area contributed by atoms with Crippen molar-refractivity contribution in [3.05, 3.63) is 76.1 Å². The lowest BCUT2D eigenvalue weighted by Gasteiger charge is -2.05. The van der Waals surface area contributed by atoms with E-state index in [1.54, 1.807) is 24.4 Å². The van der Waals surface area contributed by atoms with Gasteiger partial charge in [0, 0.05) is 23.3 Å². The third-order valence-corrected chi connectivity index (χ3v) is 3.24. The minimum absolute atomic E-state index is 0.0611. The van der Waals surface area contributed by atoms with E-state index in [9.17, 15) is 14.0 Å². The predicted molar refractivity (Wildman–Crippen MR) is 79.9 cm³/mol. The number of fused-ring (bicyclic) bond motifs is 1. The van der Waals surface area contributed by atoms with Crippen LogP contribution in [0.1, 0.15) is 16.1 Å². The molecule has 0 atom stereocenters. The fraction of sp³-hybridized carbons (Fsp3) is 0.0625. The van der Waals surface area contributed by atoms with Gasteiger partial charge in [0.25, 0.3) is 5.91 Å². The van der Waals surface area contributed by atoms with Gasteiger partial charge in [-0.25, -0.2) is 4.39 Å². The Labute approximate surface area is 124 Å². The zero-order chi connectivity index (χ0) is 15.5. The van der Waals surface area contributed by atoms with Gasteiger partial charge >= 0.3 is 0 Å². The summed E-state index contributed by atoms with van der Waals surface area (Å²) in [6, 6.07) is 9.17. The topological polar surface area (TPSA) is 74.8 Å². The quantitative estimate of drug-likeness (QED) is 0.776. The molecule has 0 aliphatic carbocycles. The molecule has 1 aromatic carbocycles. The molecular formula is C16H12FN3O2. The monoisotopic (exact) mass is 297 g/mol. The Bertz CT molecular complexity index is 891. The van der Waals surface area contributed by atoms with Crippen molar-refractivity contribution in [3.8, 4) is 0 Å². The highest BCUT2D eigenvalue weighted by molar-refractivity contribution is 5.97. The molecule has 110 valence electrons. The van der Waals surface area contributed by atoms with Crippen LogP contribution in [0.15, 0.2) is 53.6 Å². The van der Waals surface area contributed by atoms with Gasteiger partial charge in [-0.3, -0.25) is 14.6 Å². The van der Waals surface area contributed by atoms with E-state index in [-0.39, 0.29) is 17.5 Å². The molecule has 0 fully saturated rings. The number of carbonyl (C=O) groups excluding carboxylic acids is 1. The van der Waals surface area contributed by atoms with Crippen LogP contribution in [-0.4, -0.2) is 15.9 Å². The second-order valence-electron chi connectivity index (χ2n) is 4.73. The first-order chi connectivity index (χ1) is 10.6. The Balaban J connectivity index is 1.88. The van der Waals surface area contributed by atoms with E-state index in [0.29, 0.717) is 11.2 Å². The lowest BCUT2D eigenvalue weighted by Crippen LogP contribution is -2.28. The molecule has 1 amide bonds. The third kappa shape index (κ3) is 2.71. The maximum Gasteiger partial charge on any atom is 0.257 e. The van der Waals surface area contributed by atoms with Gasteiger partial charge in [0.2, 0.25) is 5.43 Å². The second kappa shape index (κ2) is 5.77. The summed E-state index contributed by atoms with van der Waals surface area (Å²) in [4.78, 5) is 31.3. The van der Waals surface area contributed by atoms with E-state index in [2.05, 4.69) is 15.3 Å². The van der Waals surface area contributed by atoms with Gasteiger partial charge in [-0.05, 0) is 30.3 Å². The van der Waals surface area contributed by atoms with E-state index in [1.165, 1.54) is 18.3 Å². The largest absolute Gasteiger partial charge is 0.360 e. The van der Waals surface area contributed by atoms with E-state index < -0.39 is 17.2 Å². The van der Waals surface area contributed by atoms with Crippen LogP contribution < -0.4 is 10.7 Å². The maximum absolute atomic E-state index is 13.3. The predicted octanol–water partition coefficient (Wildman–Crippen LogP) is 1.99. The molecule has 2 heterocycles. The fourth-order valence-electron chi connectivity index (χ4n) is 2.13. The van der Waals surface area contributed by atoms with Crippen LogP contribution in [-0.2, 0) is 6.54 Å². The number of aromatic nitrogens is 2. The van der Waals surface area contributed by atoms with Crippen molar-refractivity contribution in [1.29, 1.82) is 0 Å². The van der Waals surface area contributed by atoms with Crippen molar-refractivity contribution in [1.82, 2.24) is 15.3 Å². The molecule has 2 N–H and O–H groups in total. The molecule has 6 heteroatoms. The number of nitrogens with zero attached hydrogens (tertiary/aromatic N) is 1. The van der Waals surface area contributed by atoms with Gasteiger partial charge in [0.15, 0.2) is 0 Å². The van der Waals surface area contributed by atoms with Crippen LogP contribution in [0.5, 0.6) is 0 Å². The molecule has 3 rings (SSSR count). The molecule has 22 heavy (non-hydrogen) atoms. The number of carbonyl (C=O) groups is 1. The van der Waals surface area contributed by atoms with Crippen LogP contribution in [0.25, 0.3) is 10.9 Å². The average molecular weight is 297 g/mol. The lowest BCUT2D eigenvalue weighted by molar-refractivity contribution is 0.0949. The van der Waals surface area contributed by atoms with Crippen molar-refractivity contribution in [2.75, 3.05) is 0 Å². The fourth-order valence-corrected chi connectivity index (χ4v) is 2.13. The molecule has 0 saturated carbocycles. The van der Waals surface area contributed by atoms with Crippen LogP contribution >= 0.6 is 0 Å². The number of aromatic amines is 1. The standard InChI is InChI=1S/C16H12FN3O2/c17-10-4-5-14-12(7-10)15(21)13(9-19-14)16(22)20-8-11-3-1-2-6-18-11/h1-7,9H,8H2,(H,19,21)(H,20,22). The van der Waals surface area contributed by atoms with Crippen LogP contribution in [0.2, 0.25) is 0 Å². The minimum atomic E-state index is -0.530. The zero-order valence-electron chi connectivity index (χ0n) is 11.5. The second-order valence-corrected chi connectivity index (χ2v) is 4.73. The molecule has 2 aromatic heterocycles. The molecule has 0 spiro atoms. The maximum atomic E-state index is 13.3. The summed E-state index contributed by atoms with van der Waals surface area (Å²) in [6.07, 6.45) is 2.95. The number of H-pyrrole nitrogens is 1. The zero-order valence-corrected chi connectivity index (χ0v) is 11.5. The Morgan fingerprint density at radius 3 is 2.91 bits per heavy atom. The first kappa shape index (κ1) is 13.9. The molecule has 0 radical (unpaired) electrons. The van der Waals surface area contributed by atoms with Crippen molar-refractivity contribution in [2.45, 2.75) is 6.54 Å². The molecule has 3 aromatic rings. The summed E-state index contributed by atoms with van der Waals surface area (Å²) in [6.45, 7) is 0.209. The van der Waals surface area contributed by atoms with Gasteiger partial charge in [0.05, 0.1) is 12.2 Å². The van der Waals surface area contributed by atoms with Gasteiger partial charge in [-0.15, -0.1) is 0 Å². The molecule has 0 aliphatic heterocycles. The number of hydrogen-bond donors (Lipinski definition) is 2. The highest BCUT2D eigenvalue weighted by Gasteiger charge is 2.13. The summed E-state index contributed by atoms with van der Waals surface area (Å²) < 4.78 is 13.3. The highest BCUT2D eigenvalue weighted by Crippen LogP contribution is 2.10. The number of benzene rings is 1. The number of amides is 1. The van der Waals surface area contributed by atoms with Crippen molar-refractivity contribution >= 4 is 16.8 Å². The van der Waals surface area contributed by atoms with Crippen LogP contribution in [0, 0.1) is 5.82 Å². The molecule has 0 saturated heterocycles. The third-order valence-electron chi connectivity index (χ3n) is 3.24. The Kier molecular flexibility index (Phi) is 3.65. The number of pyridine rings is 2. The Hall–Kier alpha value is -3.02. The van der Waals surface area contributed by atoms with Crippen molar-refractivity contribution in [3.63, 3.8) is 0 Å². The van der Waals surface area contributed by atoms with Crippen LogP contribution in [0.4, 0.5) is 4.39 Å². The van der Waals surface area contributed by atoms with Crippen molar-refractivity contribution < 1.29 is 9.18 Å². The smallest absolute Gasteiger partial charge is 0.257 e. The molecular weight excluding hydrogens is 285 g/mol. The lowest BCUT2D eigenvalue weighted by atomic mass is 10.1. The van der Waals surface area contributed by atoms with Gasteiger partial charge in [0.1, 0.15) is 11.4 Å². The Morgan fingerprint density at radius 1 is 1.27 bits per heavy atom. The summed E-state index contributed by atoms with van der Waals surface area (Å²) in [5, 5.41) is 2.76.